The largest absolute Gasteiger partial charge is 0.490 e. The number of nitrogens with one attached hydrogen (secondary N) is 1. The van der Waals surface area contributed by atoms with Gasteiger partial charge < -0.3 is 19.5 Å². The van der Waals surface area contributed by atoms with Crippen molar-refractivity contribution >= 4 is 23.6 Å². The zero-order valence-electron chi connectivity index (χ0n) is 19.2. The van der Waals surface area contributed by atoms with Crippen LogP contribution in [-0.2, 0) is 16.1 Å². The Balaban J connectivity index is 1.75. The lowest BCUT2D eigenvalue weighted by molar-refractivity contribution is -0.112. The molecule has 8 heteroatoms. The van der Waals surface area contributed by atoms with E-state index in [4.69, 9.17) is 9.47 Å². The van der Waals surface area contributed by atoms with Crippen molar-refractivity contribution in [3.8, 4) is 17.6 Å². The minimum Gasteiger partial charge on any atom is -0.490 e. The van der Waals surface area contributed by atoms with Crippen LogP contribution in [0.15, 0.2) is 72.3 Å². The second-order valence-electron chi connectivity index (χ2n) is 7.25. The average Bonchev–Trinajstić information content (AvgIpc) is 2.87. The zero-order valence-corrected chi connectivity index (χ0v) is 19.2. The van der Waals surface area contributed by atoms with Crippen LogP contribution in [0.25, 0.3) is 6.08 Å². The van der Waals surface area contributed by atoms with Crippen molar-refractivity contribution in [2.45, 2.75) is 13.5 Å². The first kappa shape index (κ1) is 25.0. The fraction of sp³-hybridized carbons (Fsp3) is 0.148. The molecule has 178 valence electrons. The van der Waals surface area contributed by atoms with Crippen LogP contribution in [0.4, 0.5) is 10.1 Å². The minimum absolute atomic E-state index is 0.127. The summed E-state index contributed by atoms with van der Waals surface area (Å²) in [6.07, 6.45) is 1.43. The molecule has 1 N–H and O–H groups in total. The third-order valence-electron chi connectivity index (χ3n) is 4.79. The molecule has 0 saturated heterocycles. The lowest BCUT2D eigenvalue weighted by atomic mass is 10.1. The summed E-state index contributed by atoms with van der Waals surface area (Å²) in [6, 6.07) is 19.1. The van der Waals surface area contributed by atoms with Crippen molar-refractivity contribution in [3.05, 3.63) is 94.8 Å². The molecule has 0 bridgehead atoms. The third kappa shape index (κ3) is 6.92. The first-order valence-corrected chi connectivity index (χ1v) is 10.7. The topological polar surface area (TPSA) is 97.7 Å². The molecule has 0 heterocycles. The highest BCUT2D eigenvalue weighted by Crippen LogP contribution is 2.30. The molecule has 0 aromatic heterocycles. The van der Waals surface area contributed by atoms with Crippen molar-refractivity contribution in [1.29, 1.82) is 5.26 Å². The van der Waals surface area contributed by atoms with Crippen LogP contribution in [0, 0.1) is 17.1 Å². The van der Waals surface area contributed by atoms with E-state index in [1.165, 1.54) is 49.6 Å². The molecule has 3 rings (SSSR count). The second kappa shape index (κ2) is 12.0. The van der Waals surface area contributed by atoms with Gasteiger partial charge in [-0.15, -0.1) is 0 Å². The molecule has 0 aliphatic heterocycles. The van der Waals surface area contributed by atoms with E-state index >= 15 is 0 Å². The summed E-state index contributed by atoms with van der Waals surface area (Å²) in [4.78, 5) is 24.1. The quantitative estimate of drug-likeness (QED) is 0.262. The van der Waals surface area contributed by atoms with Gasteiger partial charge in [-0.2, -0.15) is 5.26 Å². The number of carbonyl (C=O) groups excluding carboxylic acids is 2. The number of anilines is 1. The van der Waals surface area contributed by atoms with E-state index in [1.54, 1.807) is 30.3 Å². The number of amides is 1. The normalized spacial score (nSPS) is 10.7. The maximum atomic E-state index is 13.4. The zero-order chi connectivity index (χ0) is 25.2. The summed E-state index contributed by atoms with van der Waals surface area (Å²) in [5, 5.41) is 12.1. The summed E-state index contributed by atoms with van der Waals surface area (Å²) < 4.78 is 29.5. The second-order valence-corrected chi connectivity index (χ2v) is 7.25. The van der Waals surface area contributed by atoms with Crippen LogP contribution in [0.2, 0.25) is 0 Å². The van der Waals surface area contributed by atoms with Crippen LogP contribution < -0.4 is 14.8 Å². The summed E-state index contributed by atoms with van der Waals surface area (Å²) in [6.45, 7) is 2.34. The van der Waals surface area contributed by atoms with Crippen molar-refractivity contribution in [3.63, 3.8) is 0 Å². The number of esters is 1. The molecule has 3 aromatic carbocycles. The summed E-state index contributed by atoms with van der Waals surface area (Å²) >= 11 is 0. The Morgan fingerprint density at radius 1 is 1.03 bits per heavy atom. The number of nitrogens with zero attached hydrogens (tertiary/aromatic N) is 1. The van der Waals surface area contributed by atoms with E-state index in [1.807, 2.05) is 13.0 Å². The van der Waals surface area contributed by atoms with Gasteiger partial charge in [-0.3, -0.25) is 4.79 Å². The van der Waals surface area contributed by atoms with Gasteiger partial charge in [-0.05, 0) is 72.7 Å². The molecule has 0 saturated carbocycles. The molecular formula is C27H23FN2O5. The maximum absolute atomic E-state index is 13.4. The van der Waals surface area contributed by atoms with Crippen molar-refractivity contribution in [1.82, 2.24) is 0 Å². The number of nitriles is 1. The van der Waals surface area contributed by atoms with E-state index in [0.717, 1.165) is 0 Å². The number of hydrogen-bond acceptors (Lipinski definition) is 6. The monoisotopic (exact) mass is 474 g/mol. The van der Waals surface area contributed by atoms with Crippen molar-refractivity contribution < 1.29 is 28.2 Å². The molecule has 0 unspecified atom stereocenters. The number of hydrogen-bond donors (Lipinski definition) is 1. The Morgan fingerprint density at radius 3 is 2.46 bits per heavy atom. The summed E-state index contributed by atoms with van der Waals surface area (Å²) in [5.41, 5.74) is 1.85. The third-order valence-corrected chi connectivity index (χ3v) is 4.79. The first-order chi connectivity index (χ1) is 16.9. The maximum Gasteiger partial charge on any atom is 0.337 e. The van der Waals surface area contributed by atoms with Crippen LogP contribution >= 0.6 is 0 Å². The number of methoxy groups -OCH3 is 1. The van der Waals surface area contributed by atoms with Gasteiger partial charge in [0.25, 0.3) is 5.91 Å². The molecular weight excluding hydrogens is 451 g/mol. The molecule has 7 nitrogen and oxygen atoms in total. The molecule has 1 amide bonds. The van der Waals surface area contributed by atoms with Gasteiger partial charge >= 0.3 is 5.97 Å². The highest BCUT2D eigenvalue weighted by atomic mass is 19.1. The smallest absolute Gasteiger partial charge is 0.337 e. The molecule has 0 atom stereocenters. The summed E-state index contributed by atoms with van der Waals surface area (Å²) in [5.74, 6) is -0.578. The Bertz CT molecular complexity index is 1280. The number of halogens is 1. The molecule has 35 heavy (non-hydrogen) atoms. The highest BCUT2D eigenvalue weighted by Gasteiger charge is 2.13. The standard InChI is InChI=1S/C27H23FN2O5/c1-3-34-25-15-18(7-12-24(25)35-17-19-5-4-6-22(28)14-19)13-21(16-29)26(31)30-23-10-8-20(9-11-23)27(32)33-2/h4-15H,3,17H2,1-2H3,(H,30,31)/b21-13+. The predicted octanol–water partition coefficient (Wildman–Crippen LogP) is 5.14. The molecule has 0 fully saturated rings. The van der Waals surface area contributed by atoms with E-state index in [9.17, 15) is 19.2 Å². The Morgan fingerprint density at radius 2 is 1.80 bits per heavy atom. The van der Waals surface area contributed by atoms with Gasteiger partial charge in [-0.1, -0.05) is 18.2 Å². The van der Waals surface area contributed by atoms with E-state index in [-0.39, 0.29) is 18.0 Å². The fourth-order valence-corrected chi connectivity index (χ4v) is 3.11. The van der Waals surface area contributed by atoms with Gasteiger partial charge in [0.15, 0.2) is 11.5 Å². The molecule has 0 spiro atoms. The van der Waals surface area contributed by atoms with E-state index in [2.05, 4.69) is 10.1 Å². The Hall–Kier alpha value is -4.64. The first-order valence-electron chi connectivity index (χ1n) is 10.7. The fourth-order valence-electron chi connectivity index (χ4n) is 3.11. The molecule has 3 aromatic rings. The van der Waals surface area contributed by atoms with Crippen LogP contribution in [-0.4, -0.2) is 25.6 Å². The predicted molar refractivity (Wildman–Crippen MR) is 128 cm³/mol. The van der Waals surface area contributed by atoms with Gasteiger partial charge in [0.05, 0.1) is 19.3 Å². The highest BCUT2D eigenvalue weighted by molar-refractivity contribution is 6.09. The molecule has 0 aliphatic rings. The Labute approximate surface area is 202 Å². The SMILES string of the molecule is CCOc1cc(/C=C(\C#N)C(=O)Nc2ccc(C(=O)OC)cc2)ccc1OCc1cccc(F)c1. The number of ether oxygens (including phenoxy) is 3. The van der Waals surface area contributed by atoms with Gasteiger partial charge in [0.1, 0.15) is 24.1 Å². The lowest BCUT2D eigenvalue weighted by Crippen LogP contribution is -2.13. The van der Waals surface area contributed by atoms with Crippen LogP contribution in [0.5, 0.6) is 11.5 Å². The minimum atomic E-state index is -0.609. The number of benzene rings is 3. The average molecular weight is 474 g/mol. The van der Waals surface area contributed by atoms with Gasteiger partial charge in [0, 0.05) is 5.69 Å². The molecule has 0 radical (unpaired) electrons. The summed E-state index contributed by atoms with van der Waals surface area (Å²) in [7, 11) is 1.28. The van der Waals surface area contributed by atoms with Gasteiger partial charge in [-0.25, -0.2) is 9.18 Å². The van der Waals surface area contributed by atoms with Crippen molar-refractivity contribution in [2.24, 2.45) is 0 Å². The lowest BCUT2D eigenvalue weighted by Gasteiger charge is -2.13. The van der Waals surface area contributed by atoms with Gasteiger partial charge in [0.2, 0.25) is 0 Å². The van der Waals surface area contributed by atoms with E-state index < -0.39 is 11.9 Å². The van der Waals surface area contributed by atoms with E-state index in [0.29, 0.717) is 40.5 Å². The van der Waals surface area contributed by atoms with Crippen LogP contribution in [0.1, 0.15) is 28.4 Å². The number of carbonyl (C=O) groups is 2. The van der Waals surface area contributed by atoms with Crippen molar-refractivity contribution in [2.75, 3.05) is 19.0 Å². The molecule has 0 aliphatic carbocycles. The Kier molecular flexibility index (Phi) is 8.57. The van der Waals surface area contributed by atoms with Crippen LogP contribution in [0.3, 0.4) is 0 Å². The number of rotatable bonds is 9.